The highest BCUT2D eigenvalue weighted by Gasteiger charge is 2.27. The van der Waals surface area contributed by atoms with Gasteiger partial charge in [-0.3, -0.25) is 4.79 Å². The van der Waals surface area contributed by atoms with Gasteiger partial charge in [-0.05, 0) is 65.7 Å². The fourth-order valence-corrected chi connectivity index (χ4v) is 3.41. The summed E-state index contributed by atoms with van der Waals surface area (Å²) >= 11 is 3.37. The molecule has 0 aliphatic heterocycles. The maximum Gasteiger partial charge on any atom is 0.343 e. The Labute approximate surface area is 174 Å². The lowest BCUT2D eigenvalue weighted by molar-refractivity contribution is 0.0524. The van der Waals surface area contributed by atoms with Crippen LogP contribution < -0.4 is 9.47 Å². The molecule has 0 aliphatic carbocycles. The topological polar surface area (TPSA) is 92.0 Å². The van der Waals surface area contributed by atoms with Crippen molar-refractivity contribution in [1.29, 1.82) is 0 Å². The number of rotatable bonds is 6. The Bertz CT molecular complexity index is 1100. The smallest absolute Gasteiger partial charge is 0.343 e. The zero-order valence-corrected chi connectivity index (χ0v) is 17.5. The molecule has 0 saturated heterocycles. The third kappa shape index (κ3) is 3.88. The lowest BCUT2D eigenvalue weighted by atomic mass is 10.1. The van der Waals surface area contributed by atoms with Crippen LogP contribution in [0.1, 0.15) is 43.8 Å². The van der Waals surface area contributed by atoms with Gasteiger partial charge in [-0.25, -0.2) is 9.59 Å². The maximum atomic E-state index is 12.5. The molecule has 0 unspecified atom stereocenters. The summed E-state index contributed by atoms with van der Waals surface area (Å²) in [6.45, 7) is 3.50. The van der Waals surface area contributed by atoms with Crippen LogP contribution in [0.4, 0.5) is 0 Å². The van der Waals surface area contributed by atoms with Crippen molar-refractivity contribution >= 4 is 45.1 Å². The molecule has 1 heterocycles. The minimum absolute atomic E-state index is 0.0193. The predicted molar refractivity (Wildman–Crippen MR) is 108 cm³/mol. The number of furan rings is 1. The van der Waals surface area contributed by atoms with E-state index in [-0.39, 0.29) is 23.7 Å². The Morgan fingerprint density at radius 2 is 1.86 bits per heavy atom. The van der Waals surface area contributed by atoms with Gasteiger partial charge >= 0.3 is 11.9 Å². The van der Waals surface area contributed by atoms with Gasteiger partial charge in [0.05, 0.1) is 29.1 Å². The second kappa shape index (κ2) is 8.48. The first-order valence-corrected chi connectivity index (χ1v) is 9.44. The van der Waals surface area contributed by atoms with E-state index in [9.17, 15) is 14.4 Å². The molecule has 0 atom stereocenters. The van der Waals surface area contributed by atoms with Crippen molar-refractivity contribution in [3.63, 3.8) is 0 Å². The number of hydrogen-bond acceptors (Lipinski definition) is 7. The van der Waals surface area contributed by atoms with Gasteiger partial charge < -0.3 is 18.6 Å². The summed E-state index contributed by atoms with van der Waals surface area (Å²) in [6.07, 6.45) is 0.446. The number of methoxy groups -OCH3 is 1. The highest BCUT2D eigenvalue weighted by Crippen LogP contribution is 2.40. The molecule has 0 bridgehead atoms. The number of ether oxygens (including phenoxy) is 3. The zero-order valence-electron chi connectivity index (χ0n) is 15.9. The average molecular weight is 461 g/mol. The third-order valence-electron chi connectivity index (χ3n) is 4.19. The van der Waals surface area contributed by atoms with E-state index in [1.165, 1.54) is 7.11 Å². The molecule has 150 valence electrons. The van der Waals surface area contributed by atoms with Crippen LogP contribution in [-0.4, -0.2) is 31.9 Å². The van der Waals surface area contributed by atoms with Crippen molar-refractivity contribution in [1.82, 2.24) is 0 Å². The molecule has 0 fully saturated rings. The number of carbonyl (C=O) groups excluding carboxylic acids is 3. The van der Waals surface area contributed by atoms with Crippen LogP contribution in [0.15, 0.2) is 39.2 Å². The Hall–Kier alpha value is -3.13. The normalized spacial score (nSPS) is 10.6. The van der Waals surface area contributed by atoms with Gasteiger partial charge in [-0.2, -0.15) is 0 Å². The lowest BCUT2D eigenvalue weighted by Crippen LogP contribution is -2.10. The molecule has 0 N–H and O–H groups in total. The van der Waals surface area contributed by atoms with E-state index in [2.05, 4.69) is 15.9 Å². The summed E-state index contributed by atoms with van der Waals surface area (Å²) in [4.78, 5) is 36.4. The number of hydrogen-bond donors (Lipinski definition) is 0. The molecule has 2 aromatic carbocycles. The molecule has 29 heavy (non-hydrogen) atoms. The van der Waals surface area contributed by atoms with Crippen LogP contribution in [0.25, 0.3) is 11.0 Å². The van der Waals surface area contributed by atoms with Crippen LogP contribution in [0, 0.1) is 6.92 Å². The van der Waals surface area contributed by atoms with Crippen molar-refractivity contribution < 1.29 is 33.0 Å². The summed E-state index contributed by atoms with van der Waals surface area (Å²) in [6, 6.07) is 8.03. The molecule has 0 spiro atoms. The molecule has 3 rings (SSSR count). The standard InChI is InChI=1S/C21H17BrO7/c1-4-27-21(25)16-15(10-23)28-19-11(2)9-14(18(22)17(16)19)29-20(24)12-5-7-13(26-3)8-6-12/h5-10H,4H2,1-3H3. The van der Waals surface area contributed by atoms with Crippen molar-refractivity contribution in [3.8, 4) is 11.5 Å². The summed E-state index contributed by atoms with van der Waals surface area (Å²) in [5, 5.41) is 0.308. The van der Waals surface area contributed by atoms with Gasteiger partial charge in [0.2, 0.25) is 0 Å². The second-order valence-electron chi connectivity index (χ2n) is 6.01. The van der Waals surface area contributed by atoms with Gasteiger partial charge in [0, 0.05) is 0 Å². The molecule has 1 aromatic heterocycles. The minimum Gasteiger partial charge on any atom is -0.497 e. The minimum atomic E-state index is -0.702. The number of esters is 2. The van der Waals surface area contributed by atoms with Gasteiger partial charge in [-0.15, -0.1) is 0 Å². The highest BCUT2D eigenvalue weighted by molar-refractivity contribution is 9.10. The highest BCUT2D eigenvalue weighted by atomic mass is 79.9. The van der Waals surface area contributed by atoms with Crippen LogP contribution in [0.5, 0.6) is 11.5 Å². The molecule has 0 aliphatic rings. The number of carbonyl (C=O) groups is 3. The quantitative estimate of drug-likeness (QED) is 0.298. The van der Waals surface area contributed by atoms with Crippen molar-refractivity contribution in [2.75, 3.05) is 13.7 Å². The van der Waals surface area contributed by atoms with E-state index in [4.69, 9.17) is 18.6 Å². The molecule has 7 nitrogen and oxygen atoms in total. The largest absolute Gasteiger partial charge is 0.497 e. The lowest BCUT2D eigenvalue weighted by Gasteiger charge is -2.10. The van der Waals surface area contributed by atoms with Crippen LogP contribution in [-0.2, 0) is 4.74 Å². The van der Waals surface area contributed by atoms with Gasteiger partial charge in [0.1, 0.15) is 22.6 Å². The van der Waals surface area contributed by atoms with Gasteiger partial charge in [0.25, 0.3) is 0 Å². The Morgan fingerprint density at radius 1 is 1.17 bits per heavy atom. The first kappa shape index (κ1) is 20.6. The summed E-state index contributed by atoms with van der Waals surface area (Å²) in [7, 11) is 1.53. The van der Waals surface area contributed by atoms with Crippen molar-refractivity contribution in [3.05, 3.63) is 57.3 Å². The SMILES string of the molecule is CCOC(=O)c1c(C=O)oc2c(C)cc(OC(=O)c3ccc(OC)cc3)c(Br)c12. The second-order valence-corrected chi connectivity index (χ2v) is 6.80. The first-order chi connectivity index (χ1) is 13.9. The summed E-state index contributed by atoms with van der Waals surface area (Å²) < 4.78 is 21.5. The fraction of sp³-hybridized carbons (Fsp3) is 0.190. The molecular weight excluding hydrogens is 444 g/mol. The van der Waals surface area contributed by atoms with E-state index in [0.29, 0.717) is 38.6 Å². The van der Waals surface area contributed by atoms with Crippen LogP contribution in [0.3, 0.4) is 0 Å². The molecule has 8 heteroatoms. The number of fused-ring (bicyclic) bond motifs is 1. The summed E-state index contributed by atoms with van der Waals surface area (Å²) in [5.74, 6) is -0.657. The molecule has 0 saturated carbocycles. The third-order valence-corrected chi connectivity index (χ3v) is 4.98. The van der Waals surface area contributed by atoms with Crippen LogP contribution in [0.2, 0.25) is 0 Å². The van der Waals surface area contributed by atoms with Gasteiger partial charge in [0.15, 0.2) is 12.0 Å². The Kier molecular flexibility index (Phi) is 6.03. The van der Waals surface area contributed by atoms with Gasteiger partial charge in [-0.1, -0.05) is 0 Å². The monoisotopic (exact) mass is 460 g/mol. The maximum absolute atomic E-state index is 12.5. The molecular formula is C21H17BrO7. The van der Waals surface area contributed by atoms with E-state index in [1.54, 1.807) is 44.2 Å². The van der Waals surface area contributed by atoms with E-state index in [1.807, 2.05) is 0 Å². The first-order valence-electron chi connectivity index (χ1n) is 8.65. The number of benzene rings is 2. The van der Waals surface area contributed by atoms with Crippen LogP contribution >= 0.6 is 15.9 Å². The van der Waals surface area contributed by atoms with Crippen molar-refractivity contribution in [2.45, 2.75) is 13.8 Å². The molecule has 3 aromatic rings. The number of aryl methyl sites for hydroxylation is 1. The predicted octanol–water partition coefficient (Wildman–Crippen LogP) is 4.72. The Morgan fingerprint density at radius 3 is 2.45 bits per heavy atom. The van der Waals surface area contributed by atoms with E-state index in [0.717, 1.165) is 0 Å². The number of aldehydes is 1. The van der Waals surface area contributed by atoms with E-state index < -0.39 is 11.9 Å². The van der Waals surface area contributed by atoms with Crippen molar-refractivity contribution in [2.24, 2.45) is 0 Å². The zero-order chi connectivity index (χ0) is 21.1. The number of halogens is 1. The summed E-state index contributed by atoms with van der Waals surface area (Å²) in [5.41, 5.74) is 1.21. The molecule has 0 amide bonds. The fourth-order valence-electron chi connectivity index (χ4n) is 2.83. The average Bonchev–Trinajstić information content (AvgIpc) is 3.12. The van der Waals surface area contributed by atoms with E-state index >= 15 is 0 Å². The molecule has 0 radical (unpaired) electrons. The Balaban J connectivity index is 2.07.